The van der Waals surface area contributed by atoms with E-state index in [0.717, 1.165) is 5.56 Å². The second-order valence-corrected chi connectivity index (χ2v) is 12.1. The Morgan fingerprint density at radius 3 is 2.46 bits per heavy atom. The maximum absolute atomic E-state index is 13.9. The van der Waals surface area contributed by atoms with E-state index in [1.807, 2.05) is 43.3 Å². The molecule has 2 heterocycles. The summed E-state index contributed by atoms with van der Waals surface area (Å²) in [6.07, 6.45) is 0.917. The van der Waals surface area contributed by atoms with Crippen LogP contribution in [0.5, 0.6) is 11.5 Å². The Kier molecular flexibility index (Phi) is 8.90. The van der Waals surface area contributed by atoms with E-state index in [1.165, 1.54) is 16.4 Å². The lowest BCUT2D eigenvalue weighted by Crippen LogP contribution is -2.54. The summed E-state index contributed by atoms with van der Waals surface area (Å²) in [5.74, 6) is -0.00652. The van der Waals surface area contributed by atoms with Crippen molar-refractivity contribution in [1.82, 2.24) is 9.62 Å². The van der Waals surface area contributed by atoms with Crippen molar-refractivity contribution in [2.75, 3.05) is 37.7 Å². The third-order valence-corrected chi connectivity index (χ3v) is 9.27. The van der Waals surface area contributed by atoms with Crippen molar-refractivity contribution in [2.45, 2.75) is 37.2 Å². The molecule has 1 N–H and O–H groups in total. The van der Waals surface area contributed by atoms with Gasteiger partial charge in [0.25, 0.3) is 5.91 Å². The van der Waals surface area contributed by atoms with Crippen LogP contribution in [0.15, 0.2) is 83.8 Å². The van der Waals surface area contributed by atoms with Gasteiger partial charge in [-0.05, 0) is 68.1 Å². The topological polar surface area (TPSA) is 105 Å². The number of nitrogens with zero attached hydrogens (tertiary/aromatic N) is 2. The number of carbonyl (C=O) groups excluding carboxylic acids is 2. The molecular weight excluding hydrogens is 542 g/mol. The molecule has 41 heavy (non-hydrogen) atoms. The van der Waals surface area contributed by atoms with E-state index in [-0.39, 0.29) is 29.8 Å². The van der Waals surface area contributed by atoms with E-state index in [4.69, 9.17) is 9.47 Å². The van der Waals surface area contributed by atoms with Gasteiger partial charge in [0, 0.05) is 19.6 Å². The number of amides is 2. The molecule has 1 saturated heterocycles. The molecule has 1 fully saturated rings. The summed E-state index contributed by atoms with van der Waals surface area (Å²) < 4.78 is 39.7. The normalized spacial score (nSPS) is 19.1. The van der Waals surface area contributed by atoms with Gasteiger partial charge in [0.05, 0.1) is 29.7 Å². The molecule has 0 unspecified atom stereocenters. The van der Waals surface area contributed by atoms with Gasteiger partial charge in [0.15, 0.2) is 6.10 Å². The molecule has 9 nitrogen and oxygen atoms in total. The van der Waals surface area contributed by atoms with E-state index >= 15 is 0 Å². The second-order valence-electron chi connectivity index (χ2n) is 10.2. The molecular formula is C31H35N3O6S. The maximum Gasteiger partial charge on any atom is 0.262 e. The molecule has 2 atom stereocenters. The number of rotatable bonds is 9. The predicted molar refractivity (Wildman–Crippen MR) is 155 cm³/mol. The van der Waals surface area contributed by atoms with Crippen LogP contribution in [0.1, 0.15) is 25.3 Å². The van der Waals surface area contributed by atoms with Gasteiger partial charge >= 0.3 is 0 Å². The van der Waals surface area contributed by atoms with Gasteiger partial charge < -0.3 is 19.7 Å². The van der Waals surface area contributed by atoms with E-state index in [2.05, 4.69) is 5.32 Å². The van der Waals surface area contributed by atoms with E-state index in [0.29, 0.717) is 56.1 Å². The summed E-state index contributed by atoms with van der Waals surface area (Å²) in [6.45, 7) is 3.26. The maximum atomic E-state index is 13.9. The van der Waals surface area contributed by atoms with Crippen LogP contribution in [0.2, 0.25) is 0 Å². The SMILES string of the molecule is CCOc1ccc(S(=O)(=O)N2CCC[C@H](C(=O)N3C[C@H](C(=O)NCCc4ccccc4)Oc4ccccc43)C2)cc1. The first kappa shape index (κ1) is 28.6. The van der Waals surface area contributed by atoms with Crippen LogP contribution in [0.25, 0.3) is 0 Å². The van der Waals surface area contributed by atoms with Crippen LogP contribution in [0.3, 0.4) is 0 Å². The van der Waals surface area contributed by atoms with Gasteiger partial charge in [-0.3, -0.25) is 9.59 Å². The van der Waals surface area contributed by atoms with Crippen LogP contribution in [0.4, 0.5) is 5.69 Å². The molecule has 216 valence electrons. The Bertz CT molecular complexity index is 1460. The fourth-order valence-corrected chi connectivity index (χ4v) is 6.80. The van der Waals surface area contributed by atoms with Crippen LogP contribution < -0.4 is 19.7 Å². The Morgan fingerprint density at radius 1 is 0.976 bits per heavy atom. The van der Waals surface area contributed by atoms with E-state index in [1.54, 1.807) is 35.2 Å². The van der Waals surface area contributed by atoms with Crippen molar-refractivity contribution in [3.05, 3.63) is 84.4 Å². The summed E-state index contributed by atoms with van der Waals surface area (Å²) in [7, 11) is -3.79. The highest BCUT2D eigenvalue weighted by Gasteiger charge is 2.39. The number of benzene rings is 3. The Labute approximate surface area is 241 Å². The highest BCUT2D eigenvalue weighted by atomic mass is 32.2. The molecule has 10 heteroatoms. The number of fused-ring (bicyclic) bond motifs is 1. The molecule has 2 aliphatic heterocycles. The number of piperidine rings is 1. The van der Waals surface area contributed by atoms with Crippen molar-refractivity contribution in [2.24, 2.45) is 5.92 Å². The zero-order chi connectivity index (χ0) is 28.8. The van der Waals surface area contributed by atoms with E-state index in [9.17, 15) is 18.0 Å². The number of carbonyl (C=O) groups is 2. The van der Waals surface area contributed by atoms with Crippen LogP contribution in [-0.2, 0) is 26.0 Å². The molecule has 0 bridgehead atoms. The summed E-state index contributed by atoms with van der Waals surface area (Å²) in [4.78, 5) is 28.7. The number of ether oxygens (including phenoxy) is 2. The molecule has 0 aromatic heterocycles. The van der Waals surface area contributed by atoms with Gasteiger partial charge in [-0.2, -0.15) is 4.31 Å². The third kappa shape index (κ3) is 6.55. The molecule has 2 amide bonds. The number of anilines is 1. The summed E-state index contributed by atoms with van der Waals surface area (Å²) >= 11 is 0. The standard InChI is InChI=1S/C31H35N3O6S/c1-2-39-25-14-16-26(17-15-25)41(37,38)33-20-8-11-24(21-33)31(36)34-22-29(40-28-13-7-6-12-27(28)34)30(35)32-19-18-23-9-4-3-5-10-23/h3-7,9-10,12-17,24,29H,2,8,11,18-22H2,1H3,(H,32,35)/t24-,29+/m0/s1. The fourth-order valence-electron chi connectivity index (χ4n) is 5.27. The zero-order valence-corrected chi connectivity index (χ0v) is 23.9. The van der Waals surface area contributed by atoms with Crippen LogP contribution in [0, 0.1) is 5.92 Å². The molecule has 0 aliphatic carbocycles. The molecule has 3 aromatic carbocycles. The first-order valence-electron chi connectivity index (χ1n) is 14.0. The Hall–Kier alpha value is -3.89. The highest BCUT2D eigenvalue weighted by molar-refractivity contribution is 7.89. The zero-order valence-electron chi connectivity index (χ0n) is 23.1. The Balaban J connectivity index is 1.28. The van der Waals surface area contributed by atoms with Crippen molar-refractivity contribution in [3.63, 3.8) is 0 Å². The third-order valence-electron chi connectivity index (χ3n) is 7.39. The monoisotopic (exact) mass is 577 g/mol. The first-order chi connectivity index (χ1) is 19.9. The lowest BCUT2D eigenvalue weighted by atomic mass is 9.97. The van der Waals surface area contributed by atoms with Gasteiger partial charge in [0.1, 0.15) is 11.5 Å². The van der Waals surface area contributed by atoms with Gasteiger partial charge in [0.2, 0.25) is 15.9 Å². The predicted octanol–water partition coefficient (Wildman–Crippen LogP) is 3.64. The average Bonchev–Trinajstić information content (AvgIpc) is 3.01. The van der Waals surface area contributed by atoms with Crippen LogP contribution in [-0.4, -0.2) is 63.4 Å². The lowest BCUT2D eigenvalue weighted by molar-refractivity contribution is -0.129. The fraction of sp³-hybridized carbons (Fsp3) is 0.355. The first-order valence-corrected chi connectivity index (χ1v) is 15.4. The highest BCUT2D eigenvalue weighted by Crippen LogP contribution is 2.35. The molecule has 0 spiro atoms. The summed E-state index contributed by atoms with van der Waals surface area (Å²) in [5, 5.41) is 2.93. The summed E-state index contributed by atoms with van der Waals surface area (Å²) in [6, 6.07) is 23.3. The van der Waals surface area contributed by atoms with Gasteiger partial charge in [-0.1, -0.05) is 42.5 Å². The second kappa shape index (κ2) is 12.7. The number of para-hydroxylation sites is 2. The average molecular weight is 578 g/mol. The van der Waals surface area contributed by atoms with Crippen molar-refractivity contribution in [3.8, 4) is 11.5 Å². The molecule has 0 saturated carbocycles. The van der Waals surface area contributed by atoms with Gasteiger partial charge in [-0.15, -0.1) is 0 Å². The number of sulfonamides is 1. The molecule has 5 rings (SSSR count). The van der Waals surface area contributed by atoms with Gasteiger partial charge in [-0.25, -0.2) is 8.42 Å². The smallest absolute Gasteiger partial charge is 0.262 e. The minimum atomic E-state index is -3.79. The molecule has 2 aliphatic rings. The number of hydrogen-bond donors (Lipinski definition) is 1. The molecule has 0 radical (unpaired) electrons. The van der Waals surface area contributed by atoms with Crippen molar-refractivity contribution in [1.29, 1.82) is 0 Å². The largest absolute Gasteiger partial charge is 0.494 e. The van der Waals surface area contributed by atoms with E-state index < -0.39 is 22.0 Å². The van der Waals surface area contributed by atoms with Crippen molar-refractivity contribution >= 4 is 27.5 Å². The lowest BCUT2D eigenvalue weighted by Gasteiger charge is -2.38. The number of nitrogens with one attached hydrogen (secondary N) is 1. The van der Waals surface area contributed by atoms with Crippen LogP contribution >= 0.6 is 0 Å². The Morgan fingerprint density at radius 2 is 1.71 bits per heavy atom. The number of hydrogen-bond acceptors (Lipinski definition) is 6. The summed E-state index contributed by atoms with van der Waals surface area (Å²) in [5.41, 5.74) is 1.69. The van der Waals surface area contributed by atoms with Crippen molar-refractivity contribution < 1.29 is 27.5 Å². The minimum Gasteiger partial charge on any atom is -0.494 e. The minimum absolute atomic E-state index is 0.0508. The quantitative estimate of drug-likeness (QED) is 0.417. The molecule has 3 aromatic rings.